The van der Waals surface area contributed by atoms with Gasteiger partial charge in [-0.05, 0) is 35.4 Å². The van der Waals surface area contributed by atoms with Gasteiger partial charge in [0, 0.05) is 44.5 Å². The average Bonchev–Trinajstić information content (AvgIpc) is 3.61. The molecule has 3 aromatic carbocycles. The molecular formula is C36H6F8N8. The second-order valence-corrected chi connectivity index (χ2v) is 10.5. The zero-order chi connectivity index (χ0) is 38.4. The van der Waals surface area contributed by atoms with Gasteiger partial charge in [-0.25, -0.2) is 8.78 Å². The molecule has 8 nitrogen and oxygen atoms in total. The molecule has 246 valence electrons. The van der Waals surface area contributed by atoms with Crippen molar-refractivity contribution in [2.45, 2.75) is 12.4 Å². The Balaban J connectivity index is 2.10. The first-order valence-corrected chi connectivity index (χ1v) is 13.8. The summed E-state index contributed by atoms with van der Waals surface area (Å²) in [5.41, 5.74) is -14.9. The molecule has 0 bridgehead atoms. The fourth-order valence-corrected chi connectivity index (χ4v) is 6.09. The number of allylic oxidation sites excluding steroid dienone is 8. The Bertz CT molecular complexity index is 2500. The molecule has 0 heterocycles. The van der Waals surface area contributed by atoms with Crippen molar-refractivity contribution in [2.75, 3.05) is 0 Å². The van der Waals surface area contributed by atoms with Gasteiger partial charge in [0.25, 0.3) is 0 Å². The van der Waals surface area contributed by atoms with E-state index in [9.17, 15) is 77.2 Å². The highest BCUT2D eigenvalue weighted by atomic mass is 19.4. The highest BCUT2D eigenvalue weighted by Gasteiger charge is 2.45. The quantitative estimate of drug-likeness (QED) is 0.188. The lowest BCUT2D eigenvalue weighted by Gasteiger charge is -2.16. The van der Waals surface area contributed by atoms with E-state index in [0.717, 1.165) is 12.1 Å². The summed E-state index contributed by atoms with van der Waals surface area (Å²) in [7, 11) is 0. The molecule has 16 heteroatoms. The molecule has 0 saturated carbocycles. The highest BCUT2D eigenvalue weighted by Crippen LogP contribution is 2.58. The minimum Gasteiger partial charge on any atom is -0.206 e. The van der Waals surface area contributed by atoms with Gasteiger partial charge in [0.2, 0.25) is 0 Å². The molecule has 2 aliphatic rings. The van der Waals surface area contributed by atoms with Gasteiger partial charge >= 0.3 is 12.4 Å². The van der Waals surface area contributed by atoms with E-state index in [1.165, 1.54) is 24.3 Å². The number of alkyl halides is 6. The van der Waals surface area contributed by atoms with E-state index in [-0.39, 0.29) is 12.1 Å². The van der Waals surface area contributed by atoms with Crippen LogP contribution >= 0.6 is 0 Å². The number of rotatable bonds is 2. The average molecular weight is 702 g/mol. The summed E-state index contributed by atoms with van der Waals surface area (Å²) >= 11 is 0. The molecule has 0 amide bonds. The third-order valence-electron chi connectivity index (χ3n) is 8.02. The predicted octanol–water partition coefficient (Wildman–Crippen LogP) is 8.24. The maximum Gasteiger partial charge on any atom is 0.419 e. The summed E-state index contributed by atoms with van der Waals surface area (Å²) in [6.45, 7) is 0. The third-order valence-corrected chi connectivity index (χ3v) is 8.02. The van der Waals surface area contributed by atoms with Crippen LogP contribution in [0.3, 0.4) is 0 Å². The number of halogens is 8. The molecule has 0 spiro atoms. The molecule has 0 aromatic heterocycles. The number of nitriles is 8. The fraction of sp³-hybridized carbons (Fsp3) is 0.0556. The minimum absolute atomic E-state index is 0.256. The summed E-state index contributed by atoms with van der Waals surface area (Å²) in [4.78, 5) is 0. The molecule has 5 rings (SSSR count). The standard InChI is InChI=1S/C36H6F8N8/c37-25-3-1-15(5-23(25)35(39,40)41)27-19(11-49)31-21(13-51)32-20(12-50)28(16-2-4-26(38)24(6-16)36(42,43)44)30(18(9-47)10-48)34(32)22(14-52)33(31)29(27)17(7-45)8-46/h1-6H. The lowest BCUT2D eigenvalue weighted by atomic mass is 9.82. The van der Waals surface area contributed by atoms with Crippen molar-refractivity contribution >= 4 is 33.4 Å². The Morgan fingerprint density at radius 3 is 1.06 bits per heavy atom. The van der Waals surface area contributed by atoms with Gasteiger partial charge in [-0.3, -0.25) is 0 Å². The van der Waals surface area contributed by atoms with E-state index < -0.39 is 124 Å². The predicted molar refractivity (Wildman–Crippen MR) is 160 cm³/mol. The maximum atomic E-state index is 14.4. The zero-order valence-electron chi connectivity index (χ0n) is 25.1. The van der Waals surface area contributed by atoms with E-state index in [2.05, 4.69) is 0 Å². The van der Waals surface area contributed by atoms with Crippen LogP contribution in [0.4, 0.5) is 35.1 Å². The van der Waals surface area contributed by atoms with E-state index in [4.69, 9.17) is 0 Å². The lowest BCUT2D eigenvalue weighted by molar-refractivity contribution is -0.140. The molecule has 0 saturated heterocycles. The molecule has 2 aliphatic carbocycles. The molecule has 0 atom stereocenters. The minimum atomic E-state index is -5.30. The molecule has 52 heavy (non-hydrogen) atoms. The number of fused-ring (bicyclic) bond motifs is 2. The van der Waals surface area contributed by atoms with Crippen LogP contribution in [0, 0.1) is 102 Å². The Labute approximate surface area is 286 Å². The molecule has 0 N–H and O–H groups in total. The van der Waals surface area contributed by atoms with E-state index >= 15 is 0 Å². The molecule has 0 fully saturated rings. The molecule has 3 aromatic rings. The molecule has 0 aliphatic heterocycles. The first-order chi connectivity index (χ1) is 24.6. The van der Waals surface area contributed by atoms with Crippen molar-refractivity contribution < 1.29 is 35.1 Å². The number of hydrogen-bond acceptors (Lipinski definition) is 8. The van der Waals surface area contributed by atoms with Crippen LogP contribution in [0.25, 0.3) is 33.4 Å². The van der Waals surface area contributed by atoms with Gasteiger partial charge in [-0.15, -0.1) is 0 Å². The lowest BCUT2D eigenvalue weighted by Crippen LogP contribution is -2.09. The van der Waals surface area contributed by atoms with Crippen molar-refractivity contribution in [1.82, 2.24) is 0 Å². The van der Waals surface area contributed by atoms with E-state index in [1.54, 1.807) is 24.3 Å². The first-order valence-electron chi connectivity index (χ1n) is 13.8. The van der Waals surface area contributed by atoms with Crippen LogP contribution in [0.5, 0.6) is 0 Å². The van der Waals surface area contributed by atoms with E-state index in [0.29, 0.717) is 12.1 Å². The van der Waals surface area contributed by atoms with Crippen LogP contribution in [-0.4, -0.2) is 0 Å². The van der Waals surface area contributed by atoms with Crippen molar-refractivity contribution in [3.63, 3.8) is 0 Å². The van der Waals surface area contributed by atoms with Crippen molar-refractivity contribution in [3.8, 4) is 48.6 Å². The SMILES string of the molecule is N#CC(C#N)=C1C(c2ccc(F)c(C(F)(F)F)c2)=C(C#N)c2c(C#N)c3c(c(C#N)c21)C(=C(C#N)C#N)C(c1ccc(F)c(C(F)(F)F)c1)=C3C#N. The summed E-state index contributed by atoms with van der Waals surface area (Å²) in [5.74, 6) is -3.49. The van der Waals surface area contributed by atoms with Gasteiger partial charge in [0.15, 0.2) is 0 Å². The second kappa shape index (κ2) is 12.5. The van der Waals surface area contributed by atoms with Crippen LogP contribution in [0.2, 0.25) is 0 Å². The van der Waals surface area contributed by atoms with Gasteiger partial charge in [-0.2, -0.15) is 68.4 Å². The Morgan fingerprint density at radius 1 is 0.462 bits per heavy atom. The first kappa shape index (κ1) is 35.3. The Kier molecular flexibility index (Phi) is 8.45. The number of benzene rings is 3. The van der Waals surface area contributed by atoms with Gasteiger partial charge < -0.3 is 0 Å². The van der Waals surface area contributed by atoms with Crippen LogP contribution in [-0.2, 0) is 12.4 Å². The highest BCUT2D eigenvalue weighted by molar-refractivity contribution is 6.32. The van der Waals surface area contributed by atoms with Gasteiger partial charge in [0.05, 0.1) is 33.4 Å². The van der Waals surface area contributed by atoms with Crippen molar-refractivity contribution in [1.29, 1.82) is 42.1 Å². The smallest absolute Gasteiger partial charge is 0.206 e. The molecule has 0 radical (unpaired) electrons. The number of hydrogen-bond donors (Lipinski definition) is 0. The fourth-order valence-electron chi connectivity index (χ4n) is 6.09. The topological polar surface area (TPSA) is 190 Å². The van der Waals surface area contributed by atoms with Crippen molar-refractivity contribution in [2.24, 2.45) is 0 Å². The Morgan fingerprint density at radius 2 is 0.788 bits per heavy atom. The maximum absolute atomic E-state index is 14.4. The van der Waals surface area contributed by atoms with E-state index in [1.807, 2.05) is 0 Å². The van der Waals surface area contributed by atoms with Gasteiger partial charge in [-0.1, -0.05) is 12.1 Å². The zero-order valence-corrected chi connectivity index (χ0v) is 25.1. The third kappa shape index (κ3) is 5.06. The second-order valence-electron chi connectivity index (χ2n) is 10.5. The van der Waals surface area contributed by atoms with Crippen molar-refractivity contribution in [3.05, 3.63) is 115 Å². The van der Waals surface area contributed by atoms with Gasteiger partial charge in [0.1, 0.15) is 71.3 Å². The van der Waals surface area contributed by atoms with Crippen LogP contribution in [0.15, 0.2) is 47.5 Å². The van der Waals surface area contributed by atoms with Crippen LogP contribution in [0.1, 0.15) is 55.6 Å². The molecule has 0 unspecified atom stereocenters. The summed E-state index contributed by atoms with van der Waals surface area (Å²) in [5, 5.41) is 81.8. The largest absolute Gasteiger partial charge is 0.419 e. The normalized spacial score (nSPS) is 13.0. The monoisotopic (exact) mass is 702 g/mol. The summed E-state index contributed by atoms with van der Waals surface area (Å²) < 4.78 is 112. The number of nitrogens with zero attached hydrogens (tertiary/aromatic N) is 8. The molecular weight excluding hydrogens is 696 g/mol. The Hall–Kier alpha value is -8.02. The van der Waals surface area contributed by atoms with Crippen LogP contribution < -0.4 is 0 Å². The summed E-state index contributed by atoms with van der Waals surface area (Å²) in [6, 6.07) is 15.5. The summed E-state index contributed by atoms with van der Waals surface area (Å²) in [6.07, 6.45) is -10.6.